The van der Waals surface area contributed by atoms with Crippen molar-refractivity contribution in [1.82, 2.24) is 5.32 Å². The number of amides is 1. The highest BCUT2D eigenvalue weighted by Crippen LogP contribution is 2.18. The van der Waals surface area contributed by atoms with Crippen molar-refractivity contribution >= 4 is 12.1 Å². The molecule has 0 aliphatic heterocycles. The molecule has 0 spiro atoms. The first-order valence-corrected chi connectivity index (χ1v) is 8.02. The lowest BCUT2D eigenvalue weighted by atomic mass is 9.92. The highest BCUT2D eigenvalue weighted by molar-refractivity contribution is 5.71. The molecule has 0 radical (unpaired) electrons. The first-order valence-electron chi connectivity index (χ1n) is 8.02. The van der Waals surface area contributed by atoms with Gasteiger partial charge in [0.1, 0.15) is 5.60 Å². The van der Waals surface area contributed by atoms with Gasteiger partial charge in [-0.2, -0.15) is 0 Å². The number of carboxylic acid groups (broad SMARTS) is 1. The van der Waals surface area contributed by atoms with Crippen LogP contribution < -0.4 is 5.32 Å². The highest BCUT2D eigenvalue weighted by atomic mass is 16.6. The molecular formula is C17H31NO4. The normalized spacial score (nSPS) is 14.0. The molecule has 0 heterocycles. The molecule has 0 fully saturated rings. The van der Waals surface area contributed by atoms with Crippen LogP contribution in [0.15, 0.2) is 12.7 Å². The van der Waals surface area contributed by atoms with Gasteiger partial charge in [-0.15, -0.1) is 6.58 Å². The van der Waals surface area contributed by atoms with E-state index in [2.05, 4.69) is 18.8 Å². The molecule has 5 nitrogen and oxygen atoms in total. The molecule has 128 valence electrons. The fraction of sp³-hybridized carbons (Fsp3) is 0.765. The third kappa shape index (κ3) is 10.2. The summed E-state index contributed by atoms with van der Waals surface area (Å²) in [4.78, 5) is 23.3. The minimum absolute atomic E-state index is 0.180. The number of hydrogen-bond donors (Lipinski definition) is 2. The average Bonchev–Trinajstić information content (AvgIpc) is 2.37. The van der Waals surface area contributed by atoms with Crippen molar-refractivity contribution in [2.45, 2.75) is 77.9 Å². The topological polar surface area (TPSA) is 75.6 Å². The molecule has 0 aliphatic rings. The molecule has 2 N–H and O–H groups in total. The number of alkyl carbamates (subject to hydrolysis) is 1. The summed E-state index contributed by atoms with van der Waals surface area (Å²) in [5.74, 6) is -1.30. The third-order valence-electron chi connectivity index (χ3n) is 3.26. The number of hydrogen-bond acceptors (Lipinski definition) is 3. The van der Waals surface area contributed by atoms with Crippen molar-refractivity contribution in [3.05, 3.63) is 12.7 Å². The molecule has 0 aromatic rings. The molecule has 0 saturated heterocycles. The summed E-state index contributed by atoms with van der Waals surface area (Å²) in [6, 6.07) is -0.180. The number of unbranched alkanes of at least 4 members (excludes halogenated alkanes) is 1. The van der Waals surface area contributed by atoms with Crippen LogP contribution in [0.4, 0.5) is 4.79 Å². The van der Waals surface area contributed by atoms with E-state index in [1.807, 2.05) is 0 Å². The second-order valence-corrected chi connectivity index (χ2v) is 6.62. The van der Waals surface area contributed by atoms with E-state index in [-0.39, 0.29) is 6.04 Å². The van der Waals surface area contributed by atoms with E-state index in [1.165, 1.54) is 0 Å². The summed E-state index contributed by atoms with van der Waals surface area (Å²) in [7, 11) is 0. The number of ether oxygens (including phenoxy) is 1. The van der Waals surface area contributed by atoms with Gasteiger partial charge in [-0.25, -0.2) is 4.79 Å². The molecule has 0 aliphatic carbocycles. The molecule has 5 heteroatoms. The summed E-state index contributed by atoms with van der Waals surface area (Å²) in [6.45, 7) is 11.1. The van der Waals surface area contributed by atoms with Gasteiger partial charge < -0.3 is 15.2 Å². The van der Waals surface area contributed by atoms with Gasteiger partial charge in [0.05, 0.1) is 5.92 Å². The smallest absolute Gasteiger partial charge is 0.407 e. The lowest BCUT2D eigenvalue weighted by Gasteiger charge is -2.25. The molecule has 22 heavy (non-hydrogen) atoms. The summed E-state index contributed by atoms with van der Waals surface area (Å²) >= 11 is 0. The van der Waals surface area contributed by atoms with E-state index in [1.54, 1.807) is 26.8 Å². The largest absolute Gasteiger partial charge is 0.481 e. The van der Waals surface area contributed by atoms with Crippen LogP contribution >= 0.6 is 0 Å². The van der Waals surface area contributed by atoms with Crippen LogP contribution in [0.3, 0.4) is 0 Å². The molecule has 0 aromatic heterocycles. The minimum atomic E-state index is -0.825. The van der Waals surface area contributed by atoms with Crippen LogP contribution in [-0.2, 0) is 9.53 Å². The van der Waals surface area contributed by atoms with Crippen LogP contribution in [0.5, 0.6) is 0 Å². The molecule has 2 atom stereocenters. The van der Waals surface area contributed by atoms with Gasteiger partial charge in [0.2, 0.25) is 0 Å². The van der Waals surface area contributed by atoms with Gasteiger partial charge in [-0.05, 0) is 46.5 Å². The molecule has 1 unspecified atom stereocenters. The number of nitrogens with one attached hydrogen (secondary N) is 1. The van der Waals surface area contributed by atoms with Crippen LogP contribution in [0.2, 0.25) is 0 Å². The Kier molecular flexibility index (Phi) is 9.54. The van der Waals surface area contributed by atoms with Crippen molar-refractivity contribution < 1.29 is 19.4 Å². The summed E-state index contributed by atoms with van der Waals surface area (Å²) < 4.78 is 5.26. The lowest BCUT2D eigenvalue weighted by Crippen LogP contribution is -2.40. The standard InChI is InChI=1S/C17H31NO4/c1-6-8-10-13(15(19)20)12-14(11-9-7-2)18-16(21)22-17(3,4)5/h6,13-14H,1,7-12H2,2-5H3,(H,18,21)(H,19,20)/t13-,14?/m0/s1. The maximum absolute atomic E-state index is 11.9. The predicted molar refractivity (Wildman–Crippen MR) is 87.9 cm³/mol. The van der Waals surface area contributed by atoms with Crippen LogP contribution in [0.1, 0.15) is 66.2 Å². The van der Waals surface area contributed by atoms with Gasteiger partial charge in [-0.3, -0.25) is 4.79 Å². The summed E-state index contributed by atoms with van der Waals surface area (Å²) in [6.07, 6.45) is 5.54. The first-order chi connectivity index (χ1) is 10.2. The molecule has 0 aromatic carbocycles. The second-order valence-electron chi connectivity index (χ2n) is 6.62. The number of carbonyl (C=O) groups is 2. The number of carbonyl (C=O) groups excluding carboxylic acids is 1. The maximum atomic E-state index is 11.9. The molecular weight excluding hydrogens is 282 g/mol. The number of aliphatic carboxylic acids is 1. The Morgan fingerprint density at radius 1 is 1.32 bits per heavy atom. The Morgan fingerprint density at radius 2 is 1.95 bits per heavy atom. The van der Waals surface area contributed by atoms with Crippen molar-refractivity contribution in [2.24, 2.45) is 5.92 Å². The molecule has 0 rings (SSSR count). The highest BCUT2D eigenvalue weighted by Gasteiger charge is 2.25. The van der Waals surface area contributed by atoms with Gasteiger partial charge in [0.25, 0.3) is 0 Å². The van der Waals surface area contributed by atoms with E-state index in [0.29, 0.717) is 19.3 Å². The second kappa shape index (κ2) is 10.2. The zero-order chi connectivity index (χ0) is 17.2. The fourth-order valence-corrected chi connectivity index (χ4v) is 2.18. The average molecular weight is 313 g/mol. The Morgan fingerprint density at radius 3 is 2.41 bits per heavy atom. The maximum Gasteiger partial charge on any atom is 0.407 e. The Labute approximate surface area is 134 Å². The lowest BCUT2D eigenvalue weighted by molar-refractivity contribution is -0.142. The van der Waals surface area contributed by atoms with Crippen molar-refractivity contribution in [3.8, 4) is 0 Å². The SMILES string of the molecule is C=CCC[C@@H](CC(CCCC)NC(=O)OC(C)(C)C)C(=O)O. The quantitative estimate of drug-likeness (QED) is 0.595. The minimum Gasteiger partial charge on any atom is -0.481 e. The van der Waals surface area contributed by atoms with E-state index in [9.17, 15) is 14.7 Å². The van der Waals surface area contributed by atoms with Crippen LogP contribution in [0.25, 0.3) is 0 Å². The monoisotopic (exact) mass is 313 g/mol. The van der Waals surface area contributed by atoms with Gasteiger partial charge >= 0.3 is 12.1 Å². The Hall–Kier alpha value is -1.52. The number of carboxylic acids is 1. The third-order valence-corrected chi connectivity index (χ3v) is 3.26. The van der Waals surface area contributed by atoms with Crippen molar-refractivity contribution in [2.75, 3.05) is 0 Å². The van der Waals surface area contributed by atoms with Crippen LogP contribution in [-0.4, -0.2) is 28.8 Å². The fourth-order valence-electron chi connectivity index (χ4n) is 2.18. The predicted octanol–water partition coefficient (Wildman–Crippen LogP) is 4.13. The van der Waals surface area contributed by atoms with E-state index in [0.717, 1.165) is 19.3 Å². The molecule has 1 amide bonds. The summed E-state index contributed by atoms with van der Waals surface area (Å²) in [5.41, 5.74) is -0.561. The van der Waals surface area contributed by atoms with E-state index >= 15 is 0 Å². The van der Waals surface area contributed by atoms with Crippen molar-refractivity contribution in [3.63, 3.8) is 0 Å². The molecule has 0 bridgehead atoms. The van der Waals surface area contributed by atoms with Gasteiger partial charge in [0, 0.05) is 6.04 Å². The van der Waals surface area contributed by atoms with Crippen molar-refractivity contribution in [1.29, 1.82) is 0 Å². The van der Waals surface area contributed by atoms with E-state index in [4.69, 9.17) is 4.74 Å². The Balaban J connectivity index is 4.68. The number of rotatable bonds is 10. The van der Waals surface area contributed by atoms with Crippen LogP contribution in [0, 0.1) is 5.92 Å². The zero-order valence-corrected chi connectivity index (χ0v) is 14.4. The van der Waals surface area contributed by atoms with Gasteiger partial charge in [-0.1, -0.05) is 25.8 Å². The van der Waals surface area contributed by atoms with Gasteiger partial charge in [0.15, 0.2) is 0 Å². The molecule has 0 saturated carbocycles. The first kappa shape index (κ1) is 20.5. The van der Waals surface area contributed by atoms with E-state index < -0.39 is 23.6 Å². The Bertz CT molecular complexity index is 360. The number of allylic oxidation sites excluding steroid dienone is 1. The summed E-state index contributed by atoms with van der Waals surface area (Å²) in [5, 5.41) is 12.1. The zero-order valence-electron chi connectivity index (χ0n) is 14.4.